The van der Waals surface area contributed by atoms with Gasteiger partial charge in [-0.2, -0.15) is 0 Å². The van der Waals surface area contributed by atoms with Crippen LogP contribution in [-0.4, -0.2) is 11.1 Å². The molecule has 1 atom stereocenters. The minimum absolute atomic E-state index is 0.444. The molecule has 18 heavy (non-hydrogen) atoms. The van der Waals surface area contributed by atoms with Gasteiger partial charge in [-0.1, -0.05) is 24.3 Å². The van der Waals surface area contributed by atoms with Gasteiger partial charge in [0.1, 0.15) is 0 Å². The first-order valence-electron chi connectivity index (χ1n) is 6.69. The molecule has 1 unspecified atom stereocenters. The van der Waals surface area contributed by atoms with Crippen molar-refractivity contribution >= 4 is 0 Å². The van der Waals surface area contributed by atoms with E-state index in [4.69, 9.17) is 0 Å². The Kier molecular flexibility index (Phi) is 2.96. The van der Waals surface area contributed by atoms with Crippen molar-refractivity contribution in [1.82, 2.24) is 9.88 Å². The first kappa shape index (κ1) is 11.5. The summed E-state index contributed by atoms with van der Waals surface area (Å²) in [4.78, 5) is 0. The molecular weight excluding hydrogens is 220 g/mol. The first-order chi connectivity index (χ1) is 8.75. The summed E-state index contributed by atoms with van der Waals surface area (Å²) >= 11 is 0. The van der Waals surface area contributed by atoms with Crippen molar-refractivity contribution in [2.45, 2.75) is 32.9 Å². The van der Waals surface area contributed by atoms with E-state index in [0.29, 0.717) is 6.04 Å². The third-order valence-electron chi connectivity index (χ3n) is 4.00. The van der Waals surface area contributed by atoms with Crippen molar-refractivity contribution in [3.05, 3.63) is 58.9 Å². The maximum atomic E-state index is 3.65. The molecule has 2 nitrogen and oxygen atoms in total. The quantitative estimate of drug-likeness (QED) is 0.854. The van der Waals surface area contributed by atoms with Gasteiger partial charge in [-0.25, -0.2) is 0 Å². The summed E-state index contributed by atoms with van der Waals surface area (Å²) in [5.74, 6) is 0. The molecule has 1 aliphatic heterocycles. The fourth-order valence-electron chi connectivity index (χ4n) is 2.93. The molecule has 94 valence electrons. The zero-order chi connectivity index (χ0) is 12.5. The second kappa shape index (κ2) is 4.62. The molecule has 2 aromatic rings. The number of hydrogen-bond acceptors (Lipinski definition) is 1. The minimum Gasteiger partial charge on any atom is -0.347 e. The highest BCUT2D eigenvalue weighted by molar-refractivity contribution is 5.32. The van der Waals surface area contributed by atoms with Gasteiger partial charge in [0.2, 0.25) is 0 Å². The number of aryl methyl sites for hydroxylation is 2. The van der Waals surface area contributed by atoms with Crippen LogP contribution in [0, 0.1) is 13.8 Å². The zero-order valence-electron chi connectivity index (χ0n) is 11.1. The third-order valence-corrected chi connectivity index (χ3v) is 4.00. The van der Waals surface area contributed by atoms with E-state index < -0.39 is 0 Å². The Morgan fingerprint density at radius 3 is 2.61 bits per heavy atom. The van der Waals surface area contributed by atoms with E-state index in [-0.39, 0.29) is 0 Å². The van der Waals surface area contributed by atoms with Gasteiger partial charge >= 0.3 is 0 Å². The largest absolute Gasteiger partial charge is 0.347 e. The molecule has 0 radical (unpaired) electrons. The molecule has 0 bridgehead atoms. The van der Waals surface area contributed by atoms with E-state index in [0.717, 1.165) is 19.5 Å². The Hall–Kier alpha value is -1.54. The Bertz CT molecular complexity index is 534. The monoisotopic (exact) mass is 240 g/mol. The molecule has 0 saturated heterocycles. The van der Waals surface area contributed by atoms with Crippen LogP contribution < -0.4 is 5.32 Å². The second-order valence-corrected chi connectivity index (χ2v) is 5.18. The SMILES string of the molecule is Cc1ccc(C)n1CC1NCCc2ccccc21. The Labute approximate surface area is 109 Å². The minimum atomic E-state index is 0.444. The predicted molar refractivity (Wildman–Crippen MR) is 74.8 cm³/mol. The maximum Gasteiger partial charge on any atom is 0.0505 e. The van der Waals surface area contributed by atoms with Crippen molar-refractivity contribution in [1.29, 1.82) is 0 Å². The molecule has 0 fully saturated rings. The average molecular weight is 240 g/mol. The van der Waals surface area contributed by atoms with Crippen LogP contribution in [0.3, 0.4) is 0 Å². The average Bonchev–Trinajstić information content (AvgIpc) is 2.71. The van der Waals surface area contributed by atoms with Crippen LogP contribution in [0.5, 0.6) is 0 Å². The molecule has 0 spiro atoms. The molecule has 0 aliphatic carbocycles. The molecule has 1 aromatic heterocycles. The van der Waals surface area contributed by atoms with Crippen LogP contribution >= 0.6 is 0 Å². The summed E-state index contributed by atoms with van der Waals surface area (Å²) in [6.45, 7) is 6.48. The van der Waals surface area contributed by atoms with Gasteiger partial charge in [0, 0.05) is 17.9 Å². The lowest BCUT2D eigenvalue weighted by atomic mass is 9.94. The molecule has 2 heterocycles. The summed E-state index contributed by atoms with van der Waals surface area (Å²) in [6, 6.07) is 13.7. The van der Waals surface area contributed by atoms with Crippen molar-refractivity contribution in [2.24, 2.45) is 0 Å². The number of nitrogens with one attached hydrogen (secondary N) is 1. The van der Waals surface area contributed by atoms with E-state index in [1.165, 1.54) is 22.5 Å². The van der Waals surface area contributed by atoms with Crippen molar-refractivity contribution < 1.29 is 0 Å². The fourth-order valence-corrected chi connectivity index (χ4v) is 2.93. The van der Waals surface area contributed by atoms with Crippen LogP contribution in [-0.2, 0) is 13.0 Å². The summed E-state index contributed by atoms with van der Waals surface area (Å²) in [5, 5.41) is 3.65. The van der Waals surface area contributed by atoms with Gasteiger partial charge in [0.25, 0.3) is 0 Å². The highest BCUT2D eigenvalue weighted by Gasteiger charge is 2.20. The highest BCUT2D eigenvalue weighted by Crippen LogP contribution is 2.25. The standard InChI is InChI=1S/C16H20N2/c1-12-7-8-13(2)18(12)11-16-15-6-4-3-5-14(15)9-10-17-16/h3-8,16-17H,9-11H2,1-2H3. The second-order valence-electron chi connectivity index (χ2n) is 5.18. The fraction of sp³-hybridized carbons (Fsp3) is 0.375. The predicted octanol–water partition coefficient (Wildman–Crippen LogP) is 2.99. The van der Waals surface area contributed by atoms with E-state index >= 15 is 0 Å². The summed E-state index contributed by atoms with van der Waals surface area (Å²) < 4.78 is 2.40. The molecule has 2 heteroatoms. The lowest BCUT2D eigenvalue weighted by molar-refractivity contribution is 0.436. The van der Waals surface area contributed by atoms with E-state index in [2.05, 4.69) is 60.1 Å². The molecule has 0 amide bonds. The highest BCUT2D eigenvalue weighted by atomic mass is 15.0. The van der Waals surface area contributed by atoms with Gasteiger partial charge in [0.15, 0.2) is 0 Å². The van der Waals surface area contributed by atoms with E-state index in [1.807, 2.05) is 0 Å². The van der Waals surface area contributed by atoms with Gasteiger partial charge in [0.05, 0.1) is 6.04 Å². The van der Waals surface area contributed by atoms with E-state index in [1.54, 1.807) is 0 Å². The first-order valence-corrected chi connectivity index (χ1v) is 6.69. The normalized spacial score (nSPS) is 18.7. The molecule has 1 aliphatic rings. The number of fused-ring (bicyclic) bond motifs is 1. The van der Waals surface area contributed by atoms with Crippen LogP contribution in [0.4, 0.5) is 0 Å². The number of hydrogen-bond donors (Lipinski definition) is 1. The Morgan fingerprint density at radius 2 is 1.83 bits per heavy atom. The smallest absolute Gasteiger partial charge is 0.0505 e. The summed E-state index contributed by atoms with van der Waals surface area (Å²) in [6.07, 6.45) is 1.15. The number of nitrogens with zero attached hydrogens (tertiary/aromatic N) is 1. The van der Waals surface area contributed by atoms with E-state index in [9.17, 15) is 0 Å². The van der Waals surface area contributed by atoms with Crippen molar-refractivity contribution in [3.8, 4) is 0 Å². The van der Waals surface area contributed by atoms with Gasteiger partial charge in [-0.05, 0) is 50.1 Å². The molecular formula is C16H20N2. The molecule has 1 N–H and O–H groups in total. The molecule has 0 saturated carbocycles. The topological polar surface area (TPSA) is 17.0 Å². The Balaban J connectivity index is 1.91. The number of benzene rings is 1. The van der Waals surface area contributed by atoms with Crippen molar-refractivity contribution in [3.63, 3.8) is 0 Å². The van der Waals surface area contributed by atoms with Crippen LogP contribution in [0.1, 0.15) is 28.6 Å². The number of rotatable bonds is 2. The summed E-state index contributed by atoms with van der Waals surface area (Å²) in [5.41, 5.74) is 5.66. The van der Waals surface area contributed by atoms with Crippen molar-refractivity contribution in [2.75, 3.05) is 6.54 Å². The van der Waals surface area contributed by atoms with Crippen LogP contribution in [0.25, 0.3) is 0 Å². The van der Waals surface area contributed by atoms with Crippen LogP contribution in [0.2, 0.25) is 0 Å². The maximum absolute atomic E-state index is 3.65. The van der Waals surface area contributed by atoms with Gasteiger partial charge in [-0.3, -0.25) is 0 Å². The number of aromatic nitrogens is 1. The Morgan fingerprint density at radius 1 is 1.11 bits per heavy atom. The van der Waals surface area contributed by atoms with Crippen LogP contribution in [0.15, 0.2) is 36.4 Å². The summed E-state index contributed by atoms with van der Waals surface area (Å²) in [7, 11) is 0. The van der Waals surface area contributed by atoms with Gasteiger partial charge in [-0.15, -0.1) is 0 Å². The third kappa shape index (κ3) is 1.97. The lowest BCUT2D eigenvalue weighted by Gasteiger charge is -2.28. The molecule has 3 rings (SSSR count). The van der Waals surface area contributed by atoms with Gasteiger partial charge < -0.3 is 9.88 Å². The molecule has 1 aromatic carbocycles. The zero-order valence-corrected chi connectivity index (χ0v) is 11.1. The lowest BCUT2D eigenvalue weighted by Crippen LogP contribution is -2.33.